The number of nitrogens with zero attached hydrogens (tertiary/aromatic N) is 2. The fourth-order valence-corrected chi connectivity index (χ4v) is 1.50. The maximum atomic E-state index is 5.90. The predicted molar refractivity (Wildman–Crippen MR) is 54.0 cm³/mol. The van der Waals surface area contributed by atoms with Crippen LogP contribution in [0.3, 0.4) is 0 Å². The molecule has 0 aliphatic rings. The molecule has 5 heteroatoms. The number of nitrogens with two attached hydrogens (primary N) is 1. The summed E-state index contributed by atoms with van der Waals surface area (Å²) < 4.78 is 0. The van der Waals surface area contributed by atoms with Gasteiger partial charge in [-0.1, -0.05) is 17.7 Å². The van der Waals surface area contributed by atoms with Gasteiger partial charge in [0.1, 0.15) is 5.82 Å². The third kappa shape index (κ3) is 1.41. The Labute approximate surface area is 84.5 Å². The molecule has 13 heavy (non-hydrogen) atoms. The summed E-state index contributed by atoms with van der Waals surface area (Å²) in [5.41, 5.74) is 6.22. The number of fused-ring (bicyclic) bond motifs is 1. The van der Waals surface area contributed by atoms with E-state index in [9.17, 15) is 0 Å². The Balaban J connectivity index is 2.94. The summed E-state index contributed by atoms with van der Waals surface area (Å²) in [5, 5.41) is 1.35. The van der Waals surface area contributed by atoms with E-state index in [0.717, 1.165) is 5.39 Å². The first-order valence-corrected chi connectivity index (χ1v) is 4.31. The van der Waals surface area contributed by atoms with Gasteiger partial charge in [-0.2, -0.15) is 0 Å². The summed E-state index contributed by atoms with van der Waals surface area (Å²) in [7, 11) is 0. The number of hydrogen-bond acceptors (Lipinski definition) is 3. The van der Waals surface area contributed by atoms with Crippen LogP contribution in [0, 0.1) is 0 Å². The van der Waals surface area contributed by atoms with Crippen LogP contribution in [0.5, 0.6) is 0 Å². The van der Waals surface area contributed by atoms with Crippen LogP contribution in [0.1, 0.15) is 0 Å². The van der Waals surface area contributed by atoms with Crippen LogP contribution in [-0.2, 0) is 0 Å². The van der Waals surface area contributed by atoms with Gasteiger partial charge in [0.2, 0.25) is 5.28 Å². The number of nitrogen functional groups attached to an aromatic ring is 1. The van der Waals surface area contributed by atoms with E-state index in [4.69, 9.17) is 28.9 Å². The minimum Gasteiger partial charge on any atom is -0.383 e. The number of benzene rings is 1. The normalized spacial score (nSPS) is 10.6. The predicted octanol–water partition coefficient (Wildman–Crippen LogP) is 2.52. The Hall–Kier alpha value is -1.06. The topological polar surface area (TPSA) is 51.8 Å². The molecular formula is C8H5Cl2N3. The second-order valence-electron chi connectivity index (χ2n) is 2.51. The lowest BCUT2D eigenvalue weighted by Crippen LogP contribution is -1.94. The SMILES string of the molecule is Nc1nc(Cl)nc2c(Cl)cccc12. The summed E-state index contributed by atoms with van der Waals surface area (Å²) in [5.74, 6) is 0.345. The first kappa shape index (κ1) is 8.53. The van der Waals surface area contributed by atoms with Crippen molar-refractivity contribution < 1.29 is 0 Å². The average molecular weight is 214 g/mol. The molecule has 0 atom stereocenters. The number of halogens is 2. The second-order valence-corrected chi connectivity index (χ2v) is 3.26. The van der Waals surface area contributed by atoms with E-state index in [-0.39, 0.29) is 5.28 Å². The van der Waals surface area contributed by atoms with Gasteiger partial charge in [0.25, 0.3) is 0 Å². The van der Waals surface area contributed by atoms with E-state index in [1.807, 2.05) is 0 Å². The molecule has 1 aromatic heterocycles. The number of anilines is 1. The van der Waals surface area contributed by atoms with Gasteiger partial charge >= 0.3 is 0 Å². The molecule has 1 aromatic carbocycles. The van der Waals surface area contributed by atoms with Crippen LogP contribution in [0.25, 0.3) is 10.9 Å². The van der Waals surface area contributed by atoms with Crippen molar-refractivity contribution in [2.45, 2.75) is 0 Å². The maximum Gasteiger partial charge on any atom is 0.224 e. The molecule has 2 rings (SSSR count). The van der Waals surface area contributed by atoms with Crippen molar-refractivity contribution in [3.05, 3.63) is 28.5 Å². The molecule has 0 fully saturated rings. The molecule has 1 heterocycles. The third-order valence-corrected chi connectivity index (χ3v) is 2.15. The fourth-order valence-electron chi connectivity index (χ4n) is 1.11. The lowest BCUT2D eigenvalue weighted by atomic mass is 10.2. The highest BCUT2D eigenvalue weighted by Crippen LogP contribution is 2.25. The van der Waals surface area contributed by atoms with Gasteiger partial charge in [-0.05, 0) is 23.7 Å². The highest BCUT2D eigenvalue weighted by atomic mass is 35.5. The summed E-state index contributed by atoms with van der Waals surface area (Å²) in [4.78, 5) is 7.79. The van der Waals surface area contributed by atoms with Gasteiger partial charge in [-0.3, -0.25) is 0 Å². The van der Waals surface area contributed by atoms with E-state index in [2.05, 4.69) is 9.97 Å². The molecule has 0 unspecified atom stereocenters. The summed E-state index contributed by atoms with van der Waals surface area (Å²) in [6.07, 6.45) is 0. The Kier molecular flexibility index (Phi) is 1.98. The maximum absolute atomic E-state index is 5.90. The van der Waals surface area contributed by atoms with Crippen LogP contribution >= 0.6 is 23.2 Å². The summed E-state index contributed by atoms with van der Waals surface area (Å²) in [6.45, 7) is 0. The largest absolute Gasteiger partial charge is 0.383 e. The molecule has 2 N–H and O–H groups in total. The van der Waals surface area contributed by atoms with Gasteiger partial charge in [-0.25, -0.2) is 9.97 Å². The van der Waals surface area contributed by atoms with E-state index >= 15 is 0 Å². The van der Waals surface area contributed by atoms with Crippen LogP contribution in [0.4, 0.5) is 5.82 Å². The first-order valence-electron chi connectivity index (χ1n) is 3.56. The number of hydrogen-bond donors (Lipinski definition) is 1. The van der Waals surface area contributed by atoms with Crippen molar-refractivity contribution >= 4 is 39.9 Å². The number of para-hydroxylation sites is 1. The van der Waals surface area contributed by atoms with Gasteiger partial charge in [0.05, 0.1) is 10.5 Å². The molecule has 0 saturated carbocycles. The smallest absolute Gasteiger partial charge is 0.224 e. The Morgan fingerprint density at radius 3 is 2.69 bits per heavy atom. The van der Waals surface area contributed by atoms with Crippen molar-refractivity contribution in [3.8, 4) is 0 Å². The molecule has 0 saturated heterocycles. The average Bonchev–Trinajstić information content (AvgIpc) is 2.07. The lowest BCUT2D eigenvalue weighted by molar-refractivity contribution is 1.23. The van der Waals surface area contributed by atoms with Gasteiger partial charge in [0, 0.05) is 5.39 Å². The summed E-state index contributed by atoms with van der Waals surface area (Å²) >= 11 is 11.5. The van der Waals surface area contributed by atoms with Crippen molar-refractivity contribution in [2.24, 2.45) is 0 Å². The van der Waals surface area contributed by atoms with Crippen LogP contribution in [0.15, 0.2) is 18.2 Å². The zero-order valence-electron chi connectivity index (χ0n) is 6.46. The van der Waals surface area contributed by atoms with Gasteiger partial charge in [-0.15, -0.1) is 0 Å². The molecule has 3 nitrogen and oxygen atoms in total. The second kappa shape index (κ2) is 3.01. The number of aromatic nitrogens is 2. The van der Waals surface area contributed by atoms with Gasteiger partial charge < -0.3 is 5.73 Å². The zero-order valence-corrected chi connectivity index (χ0v) is 7.97. The molecule has 0 aliphatic carbocycles. The van der Waals surface area contributed by atoms with Crippen LogP contribution in [0.2, 0.25) is 10.3 Å². The van der Waals surface area contributed by atoms with E-state index < -0.39 is 0 Å². The zero-order chi connectivity index (χ0) is 9.42. The van der Waals surface area contributed by atoms with Crippen LogP contribution in [-0.4, -0.2) is 9.97 Å². The lowest BCUT2D eigenvalue weighted by Gasteiger charge is -2.01. The van der Waals surface area contributed by atoms with Crippen molar-refractivity contribution in [3.63, 3.8) is 0 Å². The number of rotatable bonds is 0. The van der Waals surface area contributed by atoms with Crippen molar-refractivity contribution in [2.75, 3.05) is 5.73 Å². The highest BCUT2D eigenvalue weighted by Gasteiger charge is 2.05. The summed E-state index contributed by atoms with van der Waals surface area (Å²) in [6, 6.07) is 5.32. The fraction of sp³-hybridized carbons (Fsp3) is 0. The van der Waals surface area contributed by atoms with Crippen molar-refractivity contribution in [1.82, 2.24) is 9.97 Å². The minimum absolute atomic E-state index is 0.109. The molecule has 66 valence electrons. The van der Waals surface area contributed by atoms with E-state index in [0.29, 0.717) is 16.4 Å². The standard InChI is InChI=1S/C8H5Cl2N3/c9-5-3-1-2-4-6(5)12-8(10)13-7(4)11/h1-3H,(H2,11,12,13). The highest BCUT2D eigenvalue weighted by molar-refractivity contribution is 6.35. The molecular weight excluding hydrogens is 209 g/mol. The van der Waals surface area contributed by atoms with E-state index in [1.54, 1.807) is 18.2 Å². The van der Waals surface area contributed by atoms with Crippen molar-refractivity contribution in [1.29, 1.82) is 0 Å². The monoisotopic (exact) mass is 213 g/mol. The Morgan fingerprint density at radius 2 is 1.92 bits per heavy atom. The molecule has 0 amide bonds. The van der Waals surface area contributed by atoms with Crippen LogP contribution < -0.4 is 5.73 Å². The quantitative estimate of drug-likeness (QED) is 0.685. The minimum atomic E-state index is 0.109. The molecule has 0 radical (unpaired) electrons. The van der Waals surface area contributed by atoms with Gasteiger partial charge in [0.15, 0.2) is 0 Å². The molecule has 0 aliphatic heterocycles. The van der Waals surface area contributed by atoms with E-state index in [1.165, 1.54) is 0 Å². The molecule has 2 aromatic rings. The third-order valence-electron chi connectivity index (χ3n) is 1.68. The molecule has 0 spiro atoms. The molecule has 0 bridgehead atoms. The Bertz CT molecular complexity index is 470. The Morgan fingerprint density at radius 1 is 1.15 bits per heavy atom. The first-order chi connectivity index (χ1) is 6.18.